The summed E-state index contributed by atoms with van der Waals surface area (Å²) < 4.78 is 0. The highest BCUT2D eigenvalue weighted by Gasteiger charge is 2.20. The van der Waals surface area contributed by atoms with Crippen molar-refractivity contribution in [2.75, 3.05) is 0 Å². The summed E-state index contributed by atoms with van der Waals surface area (Å²) in [6, 6.07) is 2.77. The van der Waals surface area contributed by atoms with E-state index in [0.717, 1.165) is 18.2 Å². The topological polar surface area (TPSA) is 135 Å². The number of ketones is 1. The maximum absolute atomic E-state index is 11.2. The second-order valence-electron chi connectivity index (χ2n) is 3.06. The number of aromatic carboxylic acids is 2. The van der Waals surface area contributed by atoms with Crippen molar-refractivity contribution >= 4 is 23.6 Å². The Balaban J connectivity index is 3.38. The van der Waals surface area contributed by atoms with E-state index in [9.17, 15) is 19.2 Å². The fourth-order valence-corrected chi connectivity index (χ4v) is 1.19. The first-order valence-electron chi connectivity index (χ1n) is 4.29. The Kier molecular flexibility index (Phi) is 3.23. The number of primary amides is 1. The minimum atomic E-state index is -1.51. The number of rotatable bonds is 4. The zero-order valence-electron chi connectivity index (χ0n) is 8.34. The molecular formula is C10H7NO6. The molecule has 0 fully saturated rings. The summed E-state index contributed by atoms with van der Waals surface area (Å²) in [5.74, 6) is -5.28. The number of hydrogen-bond donors (Lipinski definition) is 3. The lowest BCUT2D eigenvalue weighted by Gasteiger charge is -2.03. The third-order valence-electron chi connectivity index (χ3n) is 1.97. The molecule has 0 spiro atoms. The van der Waals surface area contributed by atoms with Crippen molar-refractivity contribution in [1.29, 1.82) is 0 Å². The van der Waals surface area contributed by atoms with Crippen molar-refractivity contribution in [3.8, 4) is 0 Å². The van der Waals surface area contributed by atoms with Gasteiger partial charge in [-0.05, 0) is 18.2 Å². The zero-order chi connectivity index (χ0) is 13.2. The van der Waals surface area contributed by atoms with Crippen LogP contribution in [0.1, 0.15) is 31.1 Å². The van der Waals surface area contributed by atoms with Gasteiger partial charge in [0.1, 0.15) is 0 Å². The molecule has 0 aromatic heterocycles. The van der Waals surface area contributed by atoms with Crippen LogP contribution in [0.15, 0.2) is 18.2 Å². The highest BCUT2D eigenvalue weighted by molar-refractivity contribution is 6.42. The average molecular weight is 237 g/mol. The maximum Gasteiger partial charge on any atom is 0.336 e. The summed E-state index contributed by atoms with van der Waals surface area (Å²) in [5, 5.41) is 17.5. The van der Waals surface area contributed by atoms with E-state index in [1.807, 2.05) is 0 Å². The third kappa shape index (κ3) is 2.46. The molecule has 1 aromatic rings. The first kappa shape index (κ1) is 12.4. The molecule has 0 radical (unpaired) electrons. The van der Waals surface area contributed by atoms with Crippen LogP contribution in [0.25, 0.3) is 0 Å². The Hall–Kier alpha value is -2.70. The molecule has 17 heavy (non-hydrogen) atoms. The number of amides is 1. The second-order valence-corrected chi connectivity index (χ2v) is 3.06. The summed E-state index contributed by atoms with van der Waals surface area (Å²) in [7, 11) is 0. The van der Waals surface area contributed by atoms with Crippen LogP contribution in [0.2, 0.25) is 0 Å². The second kappa shape index (κ2) is 4.44. The largest absolute Gasteiger partial charge is 0.478 e. The Morgan fingerprint density at radius 1 is 0.941 bits per heavy atom. The number of Topliss-reactive ketones (excluding diaryl/α,β-unsaturated/α-hetero) is 1. The highest BCUT2D eigenvalue weighted by atomic mass is 16.4. The van der Waals surface area contributed by atoms with Gasteiger partial charge in [0, 0.05) is 5.56 Å². The van der Waals surface area contributed by atoms with Crippen molar-refractivity contribution in [1.82, 2.24) is 0 Å². The number of carbonyl (C=O) groups is 4. The molecule has 7 heteroatoms. The number of carboxylic acids is 2. The Morgan fingerprint density at radius 3 is 1.88 bits per heavy atom. The lowest BCUT2D eigenvalue weighted by Crippen LogP contribution is -2.23. The summed E-state index contributed by atoms with van der Waals surface area (Å²) in [6.45, 7) is 0. The van der Waals surface area contributed by atoms with Crippen LogP contribution in [0, 0.1) is 0 Å². The number of carboxylic acid groups (broad SMARTS) is 2. The fourth-order valence-electron chi connectivity index (χ4n) is 1.19. The SMILES string of the molecule is NC(=O)C(=O)c1ccc(C(=O)O)c(C(=O)O)c1. The van der Waals surface area contributed by atoms with Crippen molar-refractivity contribution in [2.24, 2.45) is 5.73 Å². The molecule has 1 rings (SSSR count). The van der Waals surface area contributed by atoms with Gasteiger partial charge in [0.05, 0.1) is 11.1 Å². The first-order valence-corrected chi connectivity index (χ1v) is 4.29. The van der Waals surface area contributed by atoms with E-state index in [-0.39, 0.29) is 5.56 Å². The van der Waals surface area contributed by atoms with Crippen LogP contribution in [0.3, 0.4) is 0 Å². The van der Waals surface area contributed by atoms with E-state index in [1.165, 1.54) is 0 Å². The minimum Gasteiger partial charge on any atom is -0.478 e. The average Bonchev–Trinajstić information content (AvgIpc) is 2.26. The first-order chi connectivity index (χ1) is 7.84. The van der Waals surface area contributed by atoms with Gasteiger partial charge in [-0.2, -0.15) is 0 Å². The quantitative estimate of drug-likeness (QED) is 0.488. The third-order valence-corrected chi connectivity index (χ3v) is 1.97. The summed E-state index contributed by atoms with van der Waals surface area (Å²) in [5.41, 5.74) is 3.42. The van der Waals surface area contributed by atoms with Gasteiger partial charge < -0.3 is 15.9 Å². The number of hydrogen-bond acceptors (Lipinski definition) is 4. The summed E-state index contributed by atoms with van der Waals surface area (Å²) in [6.07, 6.45) is 0. The molecule has 88 valence electrons. The van der Waals surface area contributed by atoms with Gasteiger partial charge in [0.2, 0.25) is 5.78 Å². The number of carbonyl (C=O) groups excluding carboxylic acids is 2. The lowest BCUT2D eigenvalue weighted by molar-refractivity contribution is -0.114. The Labute approximate surface area is 94.5 Å². The van der Waals surface area contributed by atoms with Gasteiger partial charge in [0.15, 0.2) is 0 Å². The molecule has 0 aliphatic carbocycles. The maximum atomic E-state index is 11.2. The number of benzene rings is 1. The van der Waals surface area contributed by atoms with Crippen molar-refractivity contribution in [3.05, 3.63) is 34.9 Å². The van der Waals surface area contributed by atoms with E-state index in [2.05, 4.69) is 0 Å². The Bertz CT molecular complexity index is 534. The highest BCUT2D eigenvalue weighted by Crippen LogP contribution is 2.13. The molecule has 0 unspecified atom stereocenters. The Morgan fingerprint density at radius 2 is 1.47 bits per heavy atom. The van der Waals surface area contributed by atoms with E-state index >= 15 is 0 Å². The van der Waals surface area contributed by atoms with Crippen LogP contribution in [-0.2, 0) is 4.79 Å². The standard InChI is InChI=1S/C10H7NO6/c11-8(13)7(12)4-1-2-5(9(14)15)6(3-4)10(16)17/h1-3H,(H2,11,13)(H,14,15)(H,16,17). The van der Waals surface area contributed by atoms with Crippen LogP contribution < -0.4 is 5.73 Å². The zero-order valence-corrected chi connectivity index (χ0v) is 8.34. The van der Waals surface area contributed by atoms with Gasteiger partial charge in [-0.25, -0.2) is 9.59 Å². The lowest BCUT2D eigenvalue weighted by atomic mass is 10.0. The summed E-state index contributed by atoms with van der Waals surface area (Å²) >= 11 is 0. The van der Waals surface area contributed by atoms with Gasteiger partial charge in [0.25, 0.3) is 5.91 Å². The van der Waals surface area contributed by atoms with Crippen LogP contribution in [0.4, 0.5) is 0 Å². The van der Waals surface area contributed by atoms with Gasteiger partial charge in [-0.15, -0.1) is 0 Å². The molecule has 0 saturated heterocycles. The van der Waals surface area contributed by atoms with Crippen LogP contribution >= 0.6 is 0 Å². The molecule has 0 heterocycles. The fraction of sp³-hybridized carbons (Fsp3) is 0. The van der Waals surface area contributed by atoms with Gasteiger partial charge in [-0.3, -0.25) is 9.59 Å². The summed E-state index contributed by atoms with van der Waals surface area (Å²) in [4.78, 5) is 43.3. The molecule has 0 bridgehead atoms. The van der Waals surface area contributed by atoms with Gasteiger partial charge >= 0.3 is 11.9 Å². The molecule has 4 N–H and O–H groups in total. The predicted molar refractivity (Wildman–Crippen MR) is 53.9 cm³/mol. The molecule has 0 aliphatic heterocycles. The van der Waals surface area contributed by atoms with Crippen LogP contribution in [0.5, 0.6) is 0 Å². The molecular weight excluding hydrogens is 230 g/mol. The van der Waals surface area contributed by atoms with Crippen molar-refractivity contribution in [3.63, 3.8) is 0 Å². The normalized spacial score (nSPS) is 9.65. The molecule has 0 saturated carbocycles. The van der Waals surface area contributed by atoms with Crippen molar-refractivity contribution in [2.45, 2.75) is 0 Å². The smallest absolute Gasteiger partial charge is 0.336 e. The van der Waals surface area contributed by atoms with E-state index in [4.69, 9.17) is 15.9 Å². The van der Waals surface area contributed by atoms with Crippen molar-refractivity contribution < 1.29 is 29.4 Å². The predicted octanol–water partition coefficient (Wildman–Crippen LogP) is -0.249. The van der Waals surface area contributed by atoms with Crippen LogP contribution in [-0.4, -0.2) is 33.8 Å². The molecule has 0 aliphatic rings. The minimum absolute atomic E-state index is 0.264. The molecule has 7 nitrogen and oxygen atoms in total. The van der Waals surface area contributed by atoms with E-state index in [0.29, 0.717) is 0 Å². The molecule has 1 aromatic carbocycles. The van der Waals surface area contributed by atoms with Gasteiger partial charge in [-0.1, -0.05) is 0 Å². The molecule has 1 amide bonds. The van der Waals surface area contributed by atoms with E-state index in [1.54, 1.807) is 0 Å². The molecule has 0 atom stereocenters. The monoisotopic (exact) mass is 237 g/mol. The number of nitrogens with two attached hydrogens (primary N) is 1. The van der Waals surface area contributed by atoms with E-state index < -0.39 is 34.8 Å².